The third kappa shape index (κ3) is 2.92. The Morgan fingerprint density at radius 3 is 2.90 bits per heavy atom. The Kier molecular flexibility index (Phi) is 3.92. The molecule has 1 aliphatic rings. The minimum atomic E-state index is -0.459. The fraction of sp³-hybridized carbons (Fsp3) is 0.500. The second-order valence-electron chi connectivity index (χ2n) is 5.35. The number of amides is 1. The summed E-state index contributed by atoms with van der Waals surface area (Å²) in [5.41, 5.74) is -0.223. The van der Waals surface area contributed by atoms with Gasteiger partial charge in [0.25, 0.3) is 5.56 Å². The van der Waals surface area contributed by atoms with Crippen LogP contribution >= 0.6 is 11.3 Å². The van der Waals surface area contributed by atoms with Gasteiger partial charge in [-0.05, 0) is 24.3 Å². The second-order valence-corrected chi connectivity index (χ2v) is 6.27. The number of H-pyrrole nitrogens is 1. The molecule has 0 unspecified atom stereocenters. The summed E-state index contributed by atoms with van der Waals surface area (Å²) in [5, 5.41) is 4.72. The van der Waals surface area contributed by atoms with Crippen LogP contribution in [-0.4, -0.2) is 21.5 Å². The summed E-state index contributed by atoms with van der Waals surface area (Å²) in [6.45, 7) is 0.112. The van der Waals surface area contributed by atoms with Crippen molar-refractivity contribution >= 4 is 27.5 Å². The van der Waals surface area contributed by atoms with Crippen LogP contribution in [0.15, 0.2) is 21.0 Å². The Morgan fingerprint density at radius 1 is 1.38 bits per heavy atom. The Labute approximate surface area is 124 Å². The molecule has 1 aliphatic carbocycles. The van der Waals surface area contributed by atoms with Gasteiger partial charge in [-0.2, -0.15) is 0 Å². The molecule has 21 heavy (non-hydrogen) atoms. The highest BCUT2D eigenvalue weighted by atomic mass is 32.1. The van der Waals surface area contributed by atoms with Crippen molar-refractivity contribution < 1.29 is 4.79 Å². The Hall–Kier alpha value is -1.89. The fourth-order valence-corrected chi connectivity index (χ4v) is 3.55. The first-order valence-electron chi connectivity index (χ1n) is 7.15. The SMILES string of the molecule is O=C(CCn1c(=O)[nH]c2ccsc2c1=O)NC1CCCC1. The van der Waals surface area contributed by atoms with Gasteiger partial charge in [0.1, 0.15) is 4.70 Å². The van der Waals surface area contributed by atoms with E-state index in [0.29, 0.717) is 10.2 Å². The van der Waals surface area contributed by atoms with Gasteiger partial charge in [-0.1, -0.05) is 12.8 Å². The number of hydrogen-bond acceptors (Lipinski definition) is 4. The van der Waals surface area contributed by atoms with Gasteiger partial charge in [-0.25, -0.2) is 4.79 Å². The summed E-state index contributed by atoms with van der Waals surface area (Å²) in [7, 11) is 0. The molecule has 2 heterocycles. The van der Waals surface area contributed by atoms with Crippen LogP contribution in [0.25, 0.3) is 10.2 Å². The molecule has 0 aliphatic heterocycles. The maximum absolute atomic E-state index is 12.2. The molecule has 0 aromatic carbocycles. The summed E-state index contributed by atoms with van der Waals surface area (Å²) in [6, 6.07) is 1.97. The molecular formula is C14H17N3O3S. The van der Waals surface area contributed by atoms with E-state index in [1.54, 1.807) is 11.4 Å². The number of thiophene rings is 1. The highest BCUT2D eigenvalue weighted by molar-refractivity contribution is 7.17. The van der Waals surface area contributed by atoms with E-state index in [0.717, 1.165) is 30.3 Å². The zero-order chi connectivity index (χ0) is 14.8. The molecule has 3 rings (SSSR count). The van der Waals surface area contributed by atoms with E-state index >= 15 is 0 Å². The number of carbonyl (C=O) groups is 1. The van der Waals surface area contributed by atoms with Crippen LogP contribution in [0.4, 0.5) is 0 Å². The molecule has 2 aromatic heterocycles. The van der Waals surface area contributed by atoms with E-state index in [4.69, 9.17) is 0 Å². The van der Waals surface area contributed by atoms with Crippen LogP contribution in [0.2, 0.25) is 0 Å². The standard InChI is InChI=1S/C14H17N3O3S/c18-11(15-9-3-1-2-4-9)5-7-17-13(19)12-10(6-8-21-12)16-14(17)20/h6,8-9H,1-5,7H2,(H,15,18)(H,16,20). The average Bonchev–Trinajstić information content (AvgIpc) is 3.09. The van der Waals surface area contributed by atoms with E-state index in [2.05, 4.69) is 10.3 Å². The lowest BCUT2D eigenvalue weighted by Crippen LogP contribution is -2.38. The van der Waals surface area contributed by atoms with E-state index in [-0.39, 0.29) is 30.5 Å². The average molecular weight is 307 g/mol. The zero-order valence-electron chi connectivity index (χ0n) is 11.6. The smallest absolute Gasteiger partial charge is 0.328 e. The molecule has 7 heteroatoms. The van der Waals surface area contributed by atoms with Crippen LogP contribution in [-0.2, 0) is 11.3 Å². The third-order valence-electron chi connectivity index (χ3n) is 3.87. The maximum atomic E-state index is 12.2. The van der Waals surface area contributed by atoms with E-state index in [1.165, 1.54) is 11.3 Å². The Morgan fingerprint density at radius 2 is 2.14 bits per heavy atom. The molecule has 2 N–H and O–H groups in total. The summed E-state index contributed by atoms with van der Waals surface area (Å²) >= 11 is 1.29. The molecule has 112 valence electrons. The maximum Gasteiger partial charge on any atom is 0.328 e. The van der Waals surface area contributed by atoms with Gasteiger partial charge in [0, 0.05) is 19.0 Å². The molecule has 2 aromatic rings. The molecular weight excluding hydrogens is 290 g/mol. The molecule has 0 radical (unpaired) electrons. The van der Waals surface area contributed by atoms with Crippen molar-refractivity contribution in [2.45, 2.75) is 44.7 Å². The van der Waals surface area contributed by atoms with Crippen molar-refractivity contribution in [3.63, 3.8) is 0 Å². The van der Waals surface area contributed by atoms with Crippen LogP contribution < -0.4 is 16.6 Å². The first-order chi connectivity index (χ1) is 10.1. The largest absolute Gasteiger partial charge is 0.353 e. The summed E-state index contributed by atoms with van der Waals surface area (Å²) in [5.74, 6) is -0.0977. The van der Waals surface area contributed by atoms with Crippen molar-refractivity contribution in [2.24, 2.45) is 0 Å². The number of rotatable bonds is 4. The summed E-state index contributed by atoms with van der Waals surface area (Å²) < 4.78 is 1.62. The van der Waals surface area contributed by atoms with Crippen LogP contribution in [0, 0.1) is 0 Å². The minimum Gasteiger partial charge on any atom is -0.353 e. The van der Waals surface area contributed by atoms with E-state index in [1.807, 2.05) is 0 Å². The van der Waals surface area contributed by atoms with Gasteiger partial charge in [0.15, 0.2) is 0 Å². The molecule has 1 fully saturated rings. The number of aromatic amines is 1. The van der Waals surface area contributed by atoms with Gasteiger partial charge >= 0.3 is 5.69 Å². The normalized spacial score (nSPS) is 15.6. The number of carbonyl (C=O) groups excluding carboxylic acids is 1. The van der Waals surface area contributed by atoms with E-state index in [9.17, 15) is 14.4 Å². The van der Waals surface area contributed by atoms with Crippen molar-refractivity contribution in [3.05, 3.63) is 32.3 Å². The summed E-state index contributed by atoms with van der Waals surface area (Å²) in [6.07, 6.45) is 4.50. The molecule has 1 amide bonds. The molecule has 6 nitrogen and oxygen atoms in total. The molecule has 1 saturated carbocycles. The van der Waals surface area contributed by atoms with Crippen molar-refractivity contribution in [3.8, 4) is 0 Å². The van der Waals surface area contributed by atoms with Crippen LogP contribution in [0.5, 0.6) is 0 Å². The Balaban J connectivity index is 1.71. The summed E-state index contributed by atoms with van der Waals surface area (Å²) in [4.78, 5) is 38.6. The molecule has 0 spiro atoms. The predicted molar refractivity (Wildman–Crippen MR) is 81.7 cm³/mol. The lowest BCUT2D eigenvalue weighted by atomic mass is 10.2. The minimum absolute atomic E-state index is 0.0977. The highest BCUT2D eigenvalue weighted by Gasteiger charge is 2.17. The van der Waals surface area contributed by atoms with Gasteiger partial charge in [0.2, 0.25) is 5.91 Å². The lowest BCUT2D eigenvalue weighted by Gasteiger charge is -2.12. The topological polar surface area (TPSA) is 84.0 Å². The first kappa shape index (κ1) is 14.1. The third-order valence-corrected chi connectivity index (χ3v) is 4.78. The van der Waals surface area contributed by atoms with Crippen LogP contribution in [0.3, 0.4) is 0 Å². The van der Waals surface area contributed by atoms with Gasteiger partial charge < -0.3 is 10.3 Å². The van der Waals surface area contributed by atoms with Crippen molar-refractivity contribution in [1.29, 1.82) is 0 Å². The number of fused-ring (bicyclic) bond motifs is 1. The van der Waals surface area contributed by atoms with Crippen LogP contribution in [0.1, 0.15) is 32.1 Å². The fourth-order valence-electron chi connectivity index (χ4n) is 2.76. The predicted octanol–water partition coefficient (Wildman–Crippen LogP) is 1.20. The van der Waals surface area contributed by atoms with Gasteiger partial charge in [-0.3, -0.25) is 14.2 Å². The van der Waals surface area contributed by atoms with Crippen molar-refractivity contribution in [1.82, 2.24) is 14.9 Å². The molecule has 0 saturated heterocycles. The first-order valence-corrected chi connectivity index (χ1v) is 8.03. The molecule has 0 atom stereocenters. The number of aromatic nitrogens is 2. The lowest BCUT2D eigenvalue weighted by molar-refractivity contribution is -0.122. The monoisotopic (exact) mass is 307 g/mol. The zero-order valence-corrected chi connectivity index (χ0v) is 12.4. The second kappa shape index (κ2) is 5.85. The Bertz CT molecular complexity index is 768. The quantitative estimate of drug-likeness (QED) is 0.890. The number of nitrogens with zero attached hydrogens (tertiary/aromatic N) is 1. The van der Waals surface area contributed by atoms with Gasteiger partial charge in [0.05, 0.1) is 5.52 Å². The molecule has 0 bridgehead atoms. The van der Waals surface area contributed by atoms with E-state index < -0.39 is 5.69 Å². The van der Waals surface area contributed by atoms with Gasteiger partial charge in [-0.15, -0.1) is 11.3 Å². The highest BCUT2D eigenvalue weighted by Crippen LogP contribution is 2.17. The van der Waals surface area contributed by atoms with Crippen molar-refractivity contribution in [2.75, 3.05) is 0 Å². The number of nitrogens with one attached hydrogen (secondary N) is 2. The number of hydrogen-bond donors (Lipinski definition) is 2.